The Morgan fingerprint density at radius 3 is 2.64 bits per heavy atom. The van der Waals surface area contributed by atoms with Crippen molar-refractivity contribution < 1.29 is 4.74 Å². The van der Waals surface area contributed by atoms with Crippen molar-refractivity contribution in [3.8, 4) is 5.75 Å². The number of ether oxygens (including phenoxy) is 1. The molecule has 1 aromatic rings. The zero-order valence-corrected chi connectivity index (χ0v) is 7.16. The summed E-state index contributed by atoms with van der Waals surface area (Å²) in [5.41, 5.74) is 1.21. The predicted molar refractivity (Wildman–Crippen MR) is 47.9 cm³/mol. The Balaban J connectivity index is 2.91. The Labute approximate surface area is 67.7 Å². The highest BCUT2D eigenvalue weighted by Gasteiger charge is 2.03. The lowest BCUT2D eigenvalue weighted by molar-refractivity contribution is 0.413. The maximum absolute atomic E-state index is 5.04. The van der Waals surface area contributed by atoms with Crippen LogP contribution in [0.25, 0.3) is 0 Å². The smallest absolute Gasteiger partial charge is 0.171 e. The number of rotatable bonds is 2. The van der Waals surface area contributed by atoms with E-state index >= 15 is 0 Å². The van der Waals surface area contributed by atoms with Crippen molar-refractivity contribution in [2.24, 2.45) is 0 Å². The van der Waals surface area contributed by atoms with Crippen LogP contribution in [0.2, 0.25) is 13.6 Å². The van der Waals surface area contributed by atoms with Crippen molar-refractivity contribution in [3.63, 3.8) is 0 Å². The van der Waals surface area contributed by atoms with Crippen molar-refractivity contribution in [1.29, 1.82) is 0 Å². The molecule has 0 fully saturated rings. The first-order valence-electron chi connectivity index (χ1n) is 3.73. The second-order valence-electron chi connectivity index (χ2n) is 2.81. The van der Waals surface area contributed by atoms with Crippen LogP contribution in [-0.4, -0.2) is 18.8 Å². The highest BCUT2D eigenvalue weighted by molar-refractivity contribution is 6.70. The number of pyridine rings is 1. The van der Waals surface area contributed by atoms with Gasteiger partial charge in [0.05, 0.1) is 13.3 Å². The molecule has 0 atom stereocenters. The molecular weight excluding hydrogens is 137 g/mol. The zero-order valence-electron chi connectivity index (χ0n) is 7.16. The van der Waals surface area contributed by atoms with Crippen LogP contribution in [0.4, 0.5) is 0 Å². The Bertz CT molecular complexity index is 237. The number of nitrogens with zero attached hydrogens (tertiary/aromatic N) is 1. The molecule has 1 heterocycles. The lowest BCUT2D eigenvalue weighted by Crippen LogP contribution is -2.22. The summed E-state index contributed by atoms with van der Waals surface area (Å²) in [6.07, 6.45) is 3.58. The summed E-state index contributed by atoms with van der Waals surface area (Å²) in [5.74, 6) is 0.830. The second-order valence-corrected chi connectivity index (χ2v) is 2.81. The molecule has 1 aromatic heterocycles. The molecule has 0 radical (unpaired) electrons. The van der Waals surface area contributed by atoms with E-state index in [-0.39, 0.29) is 0 Å². The van der Waals surface area contributed by atoms with Gasteiger partial charge in [-0.25, -0.2) is 0 Å². The molecule has 0 aliphatic rings. The molecule has 0 aliphatic carbocycles. The molecule has 0 saturated carbocycles. The molecule has 0 amide bonds. The van der Waals surface area contributed by atoms with Gasteiger partial charge in [-0.2, -0.15) is 0 Å². The molecule has 1 rings (SSSR count). The summed E-state index contributed by atoms with van der Waals surface area (Å²) in [6.45, 7) is 4.78. The van der Waals surface area contributed by atoms with Crippen LogP contribution in [0, 0.1) is 0 Å². The average molecular weight is 149 g/mol. The first-order chi connectivity index (χ1) is 5.24. The van der Waals surface area contributed by atoms with Gasteiger partial charge in [0.15, 0.2) is 6.71 Å². The third-order valence-electron chi connectivity index (χ3n) is 1.64. The van der Waals surface area contributed by atoms with Gasteiger partial charge in [-0.3, -0.25) is 4.98 Å². The van der Waals surface area contributed by atoms with E-state index in [4.69, 9.17) is 4.74 Å². The first-order valence-corrected chi connectivity index (χ1v) is 3.73. The summed E-state index contributed by atoms with van der Waals surface area (Å²) < 4.78 is 5.04. The van der Waals surface area contributed by atoms with Gasteiger partial charge < -0.3 is 4.74 Å². The van der Waals surface area contributed by atoms with Gasteiger partial charge in [0.1, 0.15) is 5.75 Å². The molecule has 0 aromatic carbocycles. The van der Waals surface area contributed by atoms with E-state index in [2.05, 4.69) is 18.6 Å². The molecule has 0 spiro atoms. The molecule has 58 valence electrons. The SMILES string of the molecule is COc1cncc(B(C)C)c1. The monoisotopic (exact) mass is 149 g/mol. The number of hydrogen-bond donors (Lipinski definition) is 0. The van der Waals surface area contributed by atoms with E-state index in [0.29, 0.717) is 6.71 Å². The van der Waals surface area contributed by atoms with Crippen molar-refractivity contribution in [3.05, 3.63) is 18.5 Å². The van der Waals surface area contributed by atoms with Crippen molar-refractivity contribution >= 4 is 12.2 Å². The molecule has 11 heavy (non-hydrogen) atoms. The van der Waals surface area contributed by atoms with E-state index in [1.54, 1.807) is 13.3 Å². The molecule has 2 nitrogen and oxygen atoms in total. The topological polar surface area (TPSA) is 22.1 Å². The highest BCUT2D eigenvalue weighted by Crippen LogP contribution is 2.03. The van der Waals surface area contributed by atoms with Gasteiger partial charge in [-0.1, -0.05) is 19.1 Å². The summed E-state index contributed by atoms with van der Waals surface area (Å²) in [5, 5.41) is 0. The lowest BCUT2D eigenvalue weighted by Gasteiger charge is -2.03. The van der Waals surface area contributed by atoms with Crippen LogP contribution < -0.4 is 10.2 Å². The van der Waals surface area contributed by atoms with Gasteiger partial charge in [-0.15, -0.1) is 0 Å². The van der Waals surface area contributed by atoms with E-state index in [1.165, 1.54) is 5.46 Å². The van der Waals surface area contributed by atoms with Crippen molar-refractivity contribution in [2.45, 2.75) is 13.6 Å². The fourth-order valence-corrected chi connectivity index (χ4v) is 0.863. The van der Waals surface area contributed by atoms with Crippen LogP contribution in [0.3, 0.4) is 0 Å². The largest absolute Gasteiger partial charge is 0.495 e. The minimum Gasteiger partial charge on any atom is -0.495 e. The van der Waals surface area contributed by atoms with Crippen LogP contribution in [-0.2, 0) is 0 Å². The maximum Gasteiger partial charge on any atom is 0.171 e. The highest BCUT2D eigenvalue weighted by atomic mass is 16.5. The van der Waals surface area contributed by atoms with Crippen LogP contribution in [0.15, 0.2) is 18.5 Å². The molecule has 0 aliphatic heterocycles. The fourth-order valence-electron chi connectivity index (χ4n) is 0.863. The van der Waals surface area contributed by atoms with E-state index < -0.39 is 0 Å². The van der Waals surface area contributed by atoms with Gasteiger partial charge in [0.2, 0.25) is 0 Å². The van der Waals surface area contributed by atoms with Crippen LogP contribution >= 0.6 is 0 Å². The molecule has 0 N–H and O–H groups in total. The molecule has 0 saturated heterocycles. The van der Waals surface area contributed by atoms with Crippen LogP contribution in [0.1, 0.15) is 0 Å². The normalized spacial score (nSPS) is 9.36. The number of aromatic nitrogens is 1. The Kier molecular flexibility index (Phi) is 2.52. The fraction of sp³-hybridized carbons (Fsp3) is 0.375. The van der Waals surface area contributed by atoms with Crippen LogP contribution in [0.5, 0.6) is 5.75 Å². The third-order valence-corrected chi connectivity index (χ3v) is 1.64. The summed E-state index contributed by atoms with van der Waals surface area (Å²) in [7, 11) is 1.65. The third kappa shape index (κ3) is 1.97. The molecular formula is C8H12BNO. The van der Waals surface area contributed by atoms with Gasteiger partial charge >= 0.3 is 0 Å². The summed E-state index contributed by atoms with van der Waals surface area (Å²) >= 11 is 0. The van der Waals surface area contributed by atoms with Gasteiger partial charge in [0.25, 0.3) is 0 Å². The van der Waals surface area contributed by atoms with E-state index in [9.17, 15) is 0 Å². The molecule has 0 unspecified atom stereocenters. The van der Waals surface area contributed by atoms with E-state index in [0.717, 1.165) is 5.75 Å². The summed E-state index contributed by atoms with van der Waals surface area (Å²) in [6, 6.07) is 2.01. The number of methoxy groups -OCH3 is 1. The number of hydrogen-bond acceptors (Lipinski definition) is 2. The zero-order chi connectivity index (χ0) is 8.27. The van der Waals surface area contributed by atoms with Gasteiger partial charge in [-0.05, 0) is 6.07 Å². The molecule has 0 bridgehead atoms. The Morgan fingerprint density at radius 2 is 2.09 bits per heavy atom. The van der Waals surface area contributed by atoms with Crippen molar-refractivity contribution in [2.75, 3.05) is 7.11 Å². The lowest BCUT2D eigenvalue weighted by atomic mass is 9.50. The second kappa shape index (κ2) is 3.42. The average Bonchev–Trinajstić information content (AvgIpc) is 2.05. The molecule has 3 heteroatoms. The Hall–Kier alpha value is -0.985. The minimum atomic E-state index is 0.512. The maximum atomic E-state index is 5.04. The minimum absolute atomic E-state index is 0.512. The summed E-state index contributed by atoms with van der Waals surface area (Å²) in [4.78, 5) is 4.05. The van der Waals surface area contributed by atoms with Gasteiger partial charge in [0, 0.05) is 6.20 Å². The predicted octanol–water partition coefficient (Wildman–Crippen LogP) is 1.05. The Morgan fingerprint density at radius 1 is 1.36 bits per heavy atom. The van der Waals surface area contributed by atoms with E-state index in [1.807, 2.05) is 12.3 Å². The first kappa shape index (κ1) is 8.11. The standard InChI is InChI=1S/C8H12BNO/c1-9(2)7-4-8(11-3)6-10-5-7/h4-6H,1-3H3. The quantitative estimate of drug-likeness (QED) is 0.586. The van der Waals surface area contributed by atoms with Crippen molar-refractivity contribution in [1.82, 2.24) is 4.98 Å².